The van der Waals surface area contributed by atoms with Crippen molar-refractivity contribution in [2.24, 2.45) is 5.92 Å². The number of hydrogen-bond donors (Lipinski definition) is 1. The Labute approximate surface area is 154 Å². The molecule has 2 aromatic rings. The van der Waals surface area contributed by atoms with Crippen LogP contribution >= 0.6 is 0 Å². The van der Waals surface area contributed by atoms with Gasteiger partial charge in [-0.3, -0.25) is 4.79 Å². The van der Waals surface area contributed by atoms with Gasteiger partial charge >= 0.3 is 5.97 Å². The zero-order valence-electron chi connectivity index (χ0n) is 15.4. The second-order valence-corrected chi connectivity index (χ2v) is 6.51. The number of carbonyl (C=O) groups excluding carboxylic acids is 2. The topological polar surface area (TPSA) is 55.4 Å². The first kappa shape index (κ1) is 19.4. The standard InChI is InChI=1S/C22H25NO3/c1-16(2)14-20(22(25)26-3)23-21(24)19(18-12-8-5-9-13-18)15-17-10-6-4-7-11-17/h4-13,15-16,20H,14H2,1-3H3,(H,23,24)/b19-15-. The van der Waals surface area contributed by atoms with Crippen molar-refractivity contribution in [1.82, 2.24) is 5.32 Å². The molecule has 1 unspecified atom stereocenters. The third kappa shape index (κ3) is 5.59. The minimum Gasteiger partial charge on any atom is -0.467 e. The highest BCUT2D eigenvalue weighted by Crippen LogP contribution is 2.19. The van der Waals surface area contributed by atoms with Gasteiger partial charge in [-0.1, -0.05) is 74.5 Å². The Balaban J connectivity index is 2.34. The van der Waals surface area contributed by atoms with E-state index in [-0.39, 0.29) is 11.8 Å². The van der Waals surface area contributed by atoms with Crippen molar-refractivity contribution in [2.45, 2.75) is 26.3 Å². The molecule has 0 radical (unpaired) electrons. The van der Waals surface area contributed by atoms with Gasteiger partial charge in [0.1, 0.15) is 6.04 Å². The van der Waals surface area contributed by atoms with E-state index >= 15 is 0 Å². The van der Waals surface area contributed by atoms with Crippen molar-refractivity contribution in [3.8, 4) is 0 Å². The summed E-state index contributed by atoms with van der Waals surface area (Å²) in [5, 5.41) is 2.84. The predicted octanol–water partition coefficient (Wildman–Crippen LogP) is 3.93. The SMILES string of the molecule is COC(=O)C(CC(C)C)NC(=O)/C(=C\c1ccccc1)c1ccccc1. The number of amides is 1. The van der Waals surface area contributed by atoms with Gasteiger partial charge in [0.25, 0.3) is 5.91 Å². The van der Waals surface area contributed by atoms with Gasteiger partial charge in [0.05, 0.1) is 7.11 Å². The van der Waals surface area contributed by atoms with Crippen LogP contribution in [0.25, 0.3) is 11.6 Å². The smallest absolute Gasteiger partial charge is 0.328 e. The zero-order valence-corrected chi connectivity index (χ0v) is 15.4. The fourth-order valence-electron chi connectivity index (χ4n) is 2.68. The van der Waals surface area contributed by atoms with E-state index < -0.39 is 12.0 Å². The molecule has 2 aromatic carbocycles. The van der Waals surface area contributed by atoms with E-state index in [1.165, 1.54) is 7.11 Å². The molecule has 4 nitrogen and oxygen atoms in total. The second-order valence-electron chi connectivity index (χ2n) is 6.51. The van der Waals surface area contributed by atoms with Crippen LogP contribution in [-0.2, 0) is 14.3 Å². The monoisotopic (exact) mass is 351 g/mol. The fraction of sp³-hybridized carbons (Fsp3) is 0.273. The number of methoxy groups -OCH3 is 1. The van der Waals surface area contributed by atoms with Crippen LogP contribution in [0.3, 0.4) is 0 Å². The molecule has 0 saturated heterocycles. The summed E-state index contributed by atoms with van der Waals surface area (Å²) in [4.78, 5) is 25.0. The van der Waals surface area contributed by atoms with Gasteiger partial charge in [-0.2, -0.15) is 0 Å². The van der Waals surface area contributed by atoms with Gasteiger partial charge in [0, 0.05) is 5.57 Å². The molecule has 0 aliphatic rings. The van der Waals surface area contributed by atoms with Crippen LogP contribution in [0.4, 0.5) is 0 Å². The molecule has 2 rings (SSSR count). The van der Waals surface area contributed by atoms with E-state index in [1.807, 2.05) is 80.6 Å². The van der Waals surface area contributed by atoms with Crippen molar-refractivity contribution in [3.05, 3.63) is 71.8 Å². The van der Waals surface area contributed by atoms with Gasteiger partial charge in [-0.15, -0.1) is 0 Å². The van der Waals surface area contributed by atoms with Crippen LogP contribution < -0.4 is 5.32 Å². The number of esters is 1. The van der Waals surface area contributed by atoms with E-state index in [9.17, 15) is 9.59 Å². The van der Waals surface area contributed by atoms with Gasteiger partial charge in [0.2, 0.25) is 0 Å². The number of benzene rings is 2. The van der Waals surface area contributed by atoms with Gasteiger partial charge in [-0.05, 0) is 29.5 Å². The first-order valence-corrected chi connectivity index (χ1v) is 8.72. The molecule has 1 amide bonds. The third-order valence-electron chi connectivity index (χ3n) is 3.94. The van der Waals surface area contributed by atoms with E-state index in [0.717, 1.165) is 11.1 Å². The molecule has 4 heteroatoms. The molecular formula is C22H25NO3. The van der Waals surface area contributed by atoms with Crippen LogP contribution in [0, 0.1) is 5.92 Å². The van der Waals surface area contributed by atoms with Crippen molar-refractivity contribution >= 4 is 23.5 Å². The van der Waals surface area contributed by atoms with Crippen molar-refractivity contribution in [1.29, 1.82) is 0 Å². The molecule has 0 aliphatic carbocycles. The molecule has 0 saturated carbocycles. The maximum absolute atomic E-state index is 13.0. The van der Waals surface area contributed by atoms with Crippen LogP contribution in [0.5, 0.6) is 0 Å². The molecule has 0 aliphatic heterocycles. The van der Waals surface area contributed by atoms with E-state index in [2.05, 4.69) is 5.32 Å². The lowest BCUT2D eigenvalue weighted by molar-refractivity contribution is -0.145. The van der Waals surface area contributed by atoms with E-state index in [0.29, 0.717) is 12.0 Å². The molecule has 1 atom stereocenters. The predicted molar refractivity (Wildman–Crippen MR) is 104 cm³/mol. The maximum Gasteiger partial charge on any atom is 0.328 e. The summed E-state index contributed by atoms with van der Waals surface area (Å²) in [6.45, 7) is 4.00. The quantitative estimate of drug-likeness (QED) is 0.467. The van der Waals surface area contributed by atoms with Crippen LogP contribution in [0.15, 0.2) is 60.7 Å². The summed E-state index contributed by atoms with van der Waals surface area (Å²) in [6.07, 6.45) is 2.35. The molecule has 0 spiro atoms. The molecule has 0 bridgehead atoms. The minimum absolute atomic E-state index is 0.248. The molecule has 0 aromatic heterocycles. The van der Waals surface area contributed by atoms with Gasteiger partial charge < -0.3 is 10.1 Å². The summed E-state index contributed by atoms with van der Waals surface area (Å²) in [5.41, 5.74) is 2.22. The maximum atomic E-state index is 13.0. The first-order chi connectivity index (χ1) is 12.5. The average Bonchev–Trinajstić information content (AvgIpc) is 2.66. The summed E-state index contributed by atoms with van der Waals surface area (Å²) < 4.78 is 4.84. The molecule has 0 heterocycles. The second kappa shape index (κ2) is 9.56. The summed E-state index contributed by atoms with van der Waals surface area (Å²) in [5.74, 6) is -0.479. The average molecular weight is 351 g/mol. The Morgan fingerprint density at radius 3 is 2.12 bits per heavy atom. The van der Waals surface area contributed by atoms with Crippen LogP contribution in [0.2, 0.25) is 0 Å². The Kier molecular flexibility index (Phi) is 7.15. The van der Waals surface area contributed by atoms with Crippen LogP contribution in [0.1, 0.15) is 31.4 Å². The normalized spacial score (nSPS) is 12.5. The minimum atomic E-state index is -0.671. The number of rotatable bonds is 7. The highest BCUT2D eigenvalue weighted by atomic mass is 16.5. The van der Waals surface area contributed by atoms with Gasteiger partial charge in [0.15, 0.2) is 0 Å². The summed E-state index contributed by atoms with van der Waals surface area (Å²) >= 11 is 0. The Hall–Kier alpha value is -2.88. The van der Waals surface area contributed by atoms with E-state index in [4.69, 9.17) is 4.74 Å². The largest absolute Gasteiger partial charge is 0.467 e. The Bertz CT molecular complexity index is 751. The van der Waals surface area contributed by atoms with Crippen molar-refractivity contribution in [2.75, 3.05) is 7.11 Å². The fourth-order valence-corrected chi connectivity index (χ4v) is 2.68. The molecular weight excluding hydrogens is 326 g/mol. The van der Waals surface area contributed by atoms with Crippen LogP contribution in [-0.4, -0.2) is 25.0 Å². The lowest BCUT2D eigenvalue weighted by atomic mass is 10.00. The summed E-state index contributed by atoms with van der Waals surface area (Å²) in [7, 11) is 1.33. The van der Waals surface area contributed by atoms with Crippen molar-refractivity contribution in [3.63, 3.8) is 0 Å². The lowest BCUT2D eigenvalue weighted by Gasteiger charge is -2.19. The van der Waals surface area contributed by atoms with E-state index in [1.54, 1.807) is 0 Å². The summed E-state index contributed by atoms with van der Waals surface area (Å²) in [6, 6.07) is 18.4. The Morgan fingerprint density at radius 1 is 1.00 bits per heavy atom. The number of carbonyl (C=O) groups is 2. The lowest BCUT2D eigenvalue weighted by Crippen LogP contribution is -2.42. The molecule has 136 valence electrons. The van der Waals surface area contributed by atoms with Crippen molar-refractivity contribution < 1.29 is 14.3 Å². The number of hydrogen-bond acceptors (Lipinski definition) is 3. The molecule has 0 fully saturated rings. The number of nitrogens with one attached hydrogen (secondary N) is 1. The number of ether oxygens (including phenoxy) is 1. The zero-order chi connectivity index (χ0) is 18.9. The highest BCUT2D eigenvalue weighted by molar-refractivity contribution is 6.24. The first-order valence-electron chi connectivity index (χ1n) is 8.72. The molecule has 26 heavy (non-hydrogen) atoms. The van der Waals surface area contributed by atoms with Gasteiger partial charge in [-0.25, -0.2) is 4.79 Å². The third-order valence-corrected chi connectivity index (χ3v) is 3.94. The Morgan fingerprint density at radius 2 is 1.58 bits per heavy atom. The molecule has 1 N–H and O–H groups in total. The highest BCUT2D eigenvalue weighted by Gasteiger charge is 2.24.